The van der Waals surface area contributed by atoms with Gasteiger partial charge in [0.05, 0.1) is 5.92 Å². The first-order chi connectivity index (χ1) is 9.90. The van der Waals surface area contributed by atoms with Gasteiger partial charge in [0.25, 0.3) is 0 Å². The quantitative estimate of drug-likeness (QED) is 0.711. The number of aryl methyl sites for hydroxylation is 1. The van der Waals surface area contributed by atoms with Crippen molar-refractivity contribution >= 4 is 11.9 Å². The van der Waals surface area contributed by atoms with Crippen molar-refractivity contribution in [2.24, 2.45) is 13.0 Å². The van der Waals surface area contributed by atoms with Crippen LogP contribution in [0.25, 0.3) is 0 Å². The van der Waals surface area contributed by atoms with Gasteiger partial charge in [0, 0.05) is 32.5 Å². The molecule has 1 fully saturated rings. The molecule has 2 heterocycles. The van der Waals surface area contributed by atoms with E-state index >= 15 is 0 Å². The average molecular weight is 295 g/mol. The molecule has 0 aromatic carbocycles. The van der Waals surface area contributed by atoms with E-state index in [-0.39, 0.29) is 12.5 Å². The predicted molar refractivity (Wildman–Crippen MR) is 72.9 cm³/mol. The lowest BCUT2D eigenvalue weighted by Gasteiger charge is -2.30. The Hall–Kier alpha value is -2.38. The van der Waals surface area contributed by atoms with Crippen molar-refractivity contribution in [1.82, 2.24) is 14.0 Å². The molecule has 0 unspecified atom stereocenters. The summed E-state index contributed by atoms with van der Waals surface area (Å²) >= 11 is 0. The lowest BCUT2D eigenvalue weighted by atomic mass is 9.97. The summed E-state index contributed by atoms with van der Waals surface area (Å²) in [6.07, 6.45) is 3.64. The van der Waals surface area contributed by atoms with E-state index in [2.05, 4.69) is 0 Å². The molecule has 1 N–H and O–H groups in total. The first-order valence-electron chi connectivity index (χ1n) is 6.67. The van der Waals surface area contributed by atoms with Crippen molar-refractivity contribution in [1.29, 1.82) is 0 Å². The summed E-state index contributed by atoms with van der Waals surface area (Å²) in [7, 11) is 1.46. The van der Waals surface area contributed by atoms with Gasteiger partial charge in [-0.3, -0.25) is 23.7 Å². The van der Waals surface area contributed by atoms with Gasteiger partial charge in [-0.2, -0.15) is 0 Å². The van der Waals surface area contributed by atoms with E-state index in [4.69, 9.17) is 5.11 Å². The summed E-state index contributed by atoms with van der Waals surface area (Å²) in [6, 6.07) is 0. The van der Waals surface area contributed by atoms with E-state index in [9.17, 15) is 19.2 Å². The number of piperidine rings is 1. The molecule has 0 aliphatic carbocycles. The molecule has 114 valence electrons. The fourth-order valence-corrected chi connectivity index (χ4v) is 2.34. The Morgan fingerprint density at radius 3 is 2.38 bits per heavy atom. The summed E-state index contributed by atoms with van der Waals surface area (Å²) in [5.41, 5.74) is -1.43. The van der Waals surface area contributed by atoms with Gasteiger partial charge in [-0.15, -0.1) is 0 Å². The highest BCUT2D eigenvalue weighted by Crippen LogP contribution is 2.17. The second-order valence-corrected chi connectivity index (χ2v) is 5.14. The maximum atomic E-state index is 12.1. The number of likely N-dealkylation sites (tertiary alicyclic amines) is 1. The number of hydrogen-bond donors (Lipinski definition) is 1. The van der Waals surface area contributed by atoms with Crippen LogP contribution in [0.3, 0.4) is 0 Å². The van der Waals surface area contributed by atoms with Crippen LogP contribution in [0.1, 0.15) is 12.8 Å². The topological polar surface area (TPSA) is 102 Å². The van der Waals surface area contributed by atoms with E-state index in [1.54, 1.807) is 0 Å². The lowest BCUT2D eigenvalue weighted by Crippen LogP contribution is -2.45. The van der Waals surface area contributed by atoms with Crippen LogP contribution in [-0.4, -0.2) is 44.1 Å². The molecule has 2 rings (SSSR count). The van der Waals surface area contributed by atoms with Crippen LogP contribution in [-0.2, 0) is 23.2 Å². The number of carboxylic acid groups (broad SMARTS) is 1. The highest BCUT2D eigenvalue weighted by molar-refractivity contribution is 5.76. The molecule has 0 radical (unpaired) electrons. The number of aromatic nitrogens is 2. The van der Waals surface area contributed by atoms with E-state index in [1.807, 2.05) is 0 Å². The van der Waals surface area contributed by atoms with Crippen LogP contribution in [0.2, 0.25) is 0 Å². The number of rotatable bonds is 3. The van der Waals surface area contributed by atoms with Gasteiger partial charge in [0.2, 0.25) is 5.91 Å². The second-order valence-electron chi connectivity index (χ2n) is 5.14. The third-order valence-corrected chi connectivity index (χ3v) is 3.74. The average Bonchev–Trinajstić information content (AvgIpc) is 2.48. The van der Waals surface area contributed by atoms with Crippen LogP contribution in [0, 0.1) is 5.92 Å². The molecule has 1 aliphatic heterocycles. The maximum Gasteiger partial charge on any atom is 0.316 e. The Morgan fingerprint density at radius 2 is 1.81 bits per heavy atom. The number of carbonyl (C=O) groups is 2. The number of hydrogen-bond acceptors (Lipinski definition) is 4. The van der Waals surface area contributed by atoms with Crippen LogP contribution in [0.5, 0.6) is 0 Å². The minimum Gasteiger partial charge on any atom is -0.481 e. The molecule has 8 heteroatoms. The molecule has 8 nitrogen and oxygen atoms in total. The zero-order chi connectivity index (χ0) is 15.6. The van der Waals surface area contributed by atoms with E-state index < -0.39 is 23.0 Å². The lowest BCUT2D eigenvalue weighted by molar-refractivity contribution is -0.145. The molecular formula is C13H17N3O5. The molecule has 0 saturated carbocycles. The van der Waals surface area contributed by atoms with Crippen molar-refractivity contribution in [3.8, 4) is 0 Å². The molecular weight excluding hydrogens is 278 g/mol. The number of nitrogens with zero attached hydrogens (tertiary/aromatic N) is 3. The Morgan fingerprint density at radius 1 is 1.19 bits per heavy atom. The SMILES string of the molecule is Cn1ccn(CC(=O)N2CCC(C(=O)O)CC2)c(=O)c1=O. The molecule has 1 aromatic heterocycles. The number of aliphatic carboxylic acids is 1. The zero-order valence-corrected chi connectivity index (χ0v) is 11.7. The first-order valence-corrected chi connectivity index (χ1v) is 6.67. The van der Waals surface area contributed by atoms with Crippen molar-refractivity contribution in [2.45, 2.75) is 19.4 Å². The number of amides is 1. The van der Waals surface area contributed by atoms with Crippen LogP contribution in [0.15, 0.2) is 22.0 Å². The minimum absolute atomic E-state index is 0.202. The highest BCUT2D eigenvalue weighted by atomic mass is 16.4. The molecule has 1 saturated heterocycles. The molecule has 0 atom stereocenters. The van der Waals surface area contributed by atoms with Gasteiger partial charge < -0.3 is 14.6 Å². The van der Waals surface area contributed by atoms with E-state index in [0.717, 1.165) is 9.13 Å². The van der Waals surface area contributed by atoms with Gasteiger partial charge in [-0.25, -0.2) is 0 Å². The van der Waals surface area contributed by atoms with E-state index in [0.29, 0.717) is 25.9 Å². The molecule has 1 aliphatic rings. The van der Waals surface area contributed by atoms with Crippen LogP contribution >= 0.6 is 0 Å². The van der Waals surface area contributed by atoms with Crippen LogP contribution in [0.4, 0.5) is 0 Å². The Kier molecular flexibility index (Phi) is 4.25. The predicted octanol–water partition coefficient (Wildman–Crippen LogP) is -1.13. The Bertz CT molecular complexity index is 667. The van der Waals surface area contributed by atoms with Gasteiger partial charge in [-0.1, -0.05) is 0 Å². The normalized spacial score (nSPS) is 16.0. The zero-order valence-electron chi connectivity index (χ0n) is 11.7. The summed E-state index contributed by atoms with van der Waals surface area (Å²) in [5, 5.41) is 8.91. The molecule has 21 heavy (non-hydrogen) atoms. The molecule has 0 spiro atoms. The fourth-order valence-electron chi connectivity index (χ4n) is 2.34. The summed E-state index contributed by atoms with van der Waals surface area (Å²) in [6.45, 7) is 0.511. The number of carboxylic acids is 1. The molecule has 1 aromatic rings. The third kappa shape index (κ3) is 3.21. The van der Waals surface area contributed by atoms with Crippen molar-refractivity contribution in [3.63, 3.8) is 0 Å². The maximum absolute atomic E-state index is 12.1. The summed E-state index contributed by atoms with van der Waals surface area (Å²) in [5.74, 6) is -1.54. The number of carbonyl (C=O) groups excluding carboxylic acids is 1. The van der Waals surface area contributed by atoms with Crippen molar-refractivity contribution in [3.05, 3.63) is 33.1 Å². The monoisotopic (exact) mass is 295 g/mol. The van der Waals surface area contributed by atoms with Gasteiger partial charge >= 0.3 is 17.1 Å². The van der Waals surface area contributed by atoms with Gasteiger partial charge in [0.1, 0.15) is 6.54 Å². The second kappa shape index (κ2) is 5.94. The third-order valence-electron chi connectivity index (χ3n) is 3.74. The summed E-state index contributed by atoms with van der Waals surface area (Å²) in [4.78, 5) is 47.7. The molecule has 1 amide bonds. The molecule has 0 bridgehead atoms. The summed E-state index contributed by atoms with van der Waals surface area (Å²) < 4.78 is 2.23. The van der Waals surface area contributed by atoms with Gasteiger partial charge in [0.15, 0.2) is 0 Å². The first kappa shape index (κ1) is 15.0. The van der Waals surface area contributed by atoms with Crippen LogP contribution < -0.4 is 11.1 Å². The van der Waals surface area contributed by atoms with Gasteiger partial charge in [-0.05, 0) is 12.8 Å². The van der Waals surface area contributed by atoms with Crippen molar-refractivity contribution in [2.75, 3.05) is 13.1 Å². The smallest absolute Gasteiger partial charge is 0.316 e. The standard InChI is InChI=1S/C13H17N3O5/c1-14-6-7-16(12(19)11(14)18)8-10(17)15-4-2-9(3-5-15)13(20)21/h6-7,9H,2-5,8H2,1H3,(H,20,21). The fraction of sp³-hybridized carbons (Fsp3) is 0.538. The van der Waals surface area contributed by atoms with E-state index in [1.165, 1.54) is 24.3 Å². The Labute approximate surface area is 120 Å². The Balaban J connectivity index is 2.03. The minimum atomic E-state index is -0.843. The van der Waals surface area contributed by atoms with Crippen molar-refractivity contribution < 1.29 is 14.7 Å². The largest absolute Gasteiger partial charge is 0.481 e. The highest BCUT2D eigenvalue weighted by Gasteiger charge is 2.27.